The van der Waals surface area contributed by atoms with E-state index in [9.17, 15) is 9.18 Å². The summed E-state index contributed by atoms with van der Waals surface area (Å²) in [6.07, 6.45) is 0. The summed E-state index contributed by atoms with van der Waals surface area (Å²) >= 11 is 5.73. The highest BCUT2D eigenvalue weighted by Crippen LogP contribution is 2.16. The second kappa shape index (κ2) is 8.24. The Balaban J connectivity index is 1.64. The molecular formula is C16H14ClFO4. The van der Waals surface area contributed by atoms with Crippen molar-refractivity contribution in [3.05, 3.63) is 59.4 Å². The van der Waals surface area contributed by atoms with Crippen LogP contribution >= 0.6 is 11.6 Å². The van der Waals surface area contributed by atoms with E-state index in [1.165, 1.54) is 12.1 Å². The highest BCUT2D eigenvalue weighted by atomic mass is 35.5. The number of halogens is 2. The van der Waals surface area contributed by atoms with E-state index in [0.29, 0.717) is 10.8 Å². The molecular weight excluding hydrogens is 311 g/mol. The number of para-hydroxylation sites is 1. The molecule has 0 fully saturated rings. The number of hydrogen-bond donors (Lipinski definition) is 0. The number of carbonyl (C=O) groups is 1. The van der Waals surface area contributed by atoms with Crippen LogP contribution in [0.4, 0.5) is 4.39 Å². The summed E-state index contributed by atoms with van der Waals surface area (Å²) < 4.78 is 28.5. The molecule has 2 aromatic carbocycles. The van der Waals surface area contributed by atoms with Gasteiger partial charge in [-0.3, -0.25) is 0 Å². The third kappa shape index (κ3) is 5.26. The molecule has 2 rings (SSSR count). The monoisotopic (exact) mass is 324 g/mol. The van der Waals surface area contributed by atoms with E-state index in [1.807, 2.05) is 0 Å². The van der Waals surface area contributed by atoms with Crippen LogP contribution in [-0.2, 0) is 9.53 Å². The molecule has 6 heteroatoms. The Morgan fingerprint density at radius 2 is 1.73 bits per heavy atom. The minimum Gasteiger partial charge on any atom is -0.487 e. The van der Waals surface area contributed by atoms with Gasteiger partial charge in [0.25, 0.3) is 0 Å². The van der Waals surface area contributed by atoms with Gasteiger partial charge in [-0.1, -0.05) is 23.7 Å². The topological polar surface area (TPSA) is 44.8 Å². The van der Waals surface area contributed by atoms with Crippen LogP contribution in [0.15, 0.2) is 48.5 Å². The molecule has 4 nitrogen and oxygen atoms in total. The summed E-state index contributed by atoms with van der Waals surface area (Å²) in [6.45, 7) is -0.147. The van der Waals surface area contributed by atoms with E-state index >= 15 is 0 Å². The van der Waals surface area contributed by atoms with Crippen molar-refractivity contribution in [2.75, 3.05) is 19.8 Å². The first-order valence-corrected chi connectivity index (χ1v) is 6.94. The largest absolute Gasteiger partial charge is 0.487 e. The lowest BCUT2D eigenvalue weighted by Crippen LogP contribution is -2.18. The maximum absolute atomic E-state index is 13.3. The zero-order chi connectivity index (χ0) is 15.8. The van der Waals surface area contributed by atoms with Crippen LogP contribution in [0.25, 0.3) is 0 Å². The molecule has 116 valence electrons. The Morgan fingerprint density at radius 3 is 2.45 bits per heavy atom. The Bertz CT molecular complexity index is 616. The minimum atomic E-state index is -0.535. The van der Waals surface area contributed by atoms with Gasteiger partial charge in [-0.15, -0.1) is 0 Å². The Morgan fingerprint density at radius 1 is 1.00 bits per heavy atom. The molecule has 0 saturated carbocycles. The van der Waals surface area contributed by atoms with E-state index in [2.05, 4.69) is 0 Å². The van der Waals surface area contributed by atoms with Crippen LogP contribution < -0.4 is 9.47 Å². The molecule has 0 aliphatic carbocycles. The van der Waals surface area contributed by atoms with E-state index in [4.69, 9.17) is 25.8 Å². The first-order chi connectivity index (χ1) is 10.6. The molecule has 0 heterocycles. The van der Waals surface area contributed by atoms with E-state index in [-0.39, 0.29) is 25.6 Å². The second-order valence-corrected chi connectivity index (χ2v) is 4.68. The van der Waals surface area contributed by atoms with E-state index < -0.39 is 11.8 Å². The van der Waals surface area contributed by atoms with Crippen molar-refractivity contribution >= 4 is 17.6 Å². The van der Waals surface area contributed by atoms with Crippen molar-refractivity contribution in [1.29, 1.82) is 0 Å². The van der Waals surface area contributed by atoms with Gasteiger partial charge in [-0.2, -0.15) is 0 Å². The third-order valence-corrected chi connectivity index (χ3v) is 2.86. The third-order valence-electron chi connectivity index (χ3n) is 2.61. The van der Waals surface area contributed by atoms with Crippen LogP contribution in [0.5, 0.6) is 11.5 Å². The molecule has 0 saturated heterocycles. The van der Waals surface area contributed by atoms with Crippen molar-refractivity contribution in [3.63, 3.8) is 0 Å². The normalized spacial score (nSPS) is 10.1. The lowest BCUT2D eigenvalue weighted by atomic mass is 10.3. The Hall–Kier alpha value is -2.27. The summed E-state index contributed by atoms with van der Waals surface area (Å²) in [5, 5.41) is 0.584. The van der Waals surface area contributed by atoms with E-state index in [1.54, 1.807) is 36.4 Å². The average molecular weight is 325 g/mol. The number of ether oxygens (including phenoxy) is 3. The van der Waals surface area contributed by atoms with Crippen molar-refractivity contribution in [2.24, 2.45) is 0 Å². The summed E-state index contributed by atoms with van der Waals surface area (Å²) in [7, 11) is 0. The highest BCUT2D eigenvalue weighted by molar-refractivity contribution is 6.30. The van der Waals surface area contributed by atoms with Crippen molar-refractivity contribution in [1.82, 2.24) is 0 Å². The fraction of sp³-hybridized carbons (Fsp3) is 0.188. The second-order valence-electron chi connectivity index (χ2n) is 4.24. The molecule has 0 N–H and O–H groups in total. The first-order valence-electron chi connectivity index (χ1n) is 6.56. The quantitative estimate of drug-likeness (QED) is 0.578. The fourth-order valence-corrected chi connectivity index (χ4v) is 1.71. The van der Waals surface area contributed by atoms with Crippen molar-refractivity contribution < 1.29 is 23.4 Å². The number of carbonyl (C=O) groups excluding carboxylic acids is 1. The molecule has 0 amide bonds. The molecule has 0 spiro atoms. The number of benzene rings is 2. The van der Waals surface area contributed by atoms with Gasteiger partial charge in [0, 0.05) is 5.02 Å². The van der Waals surface area contributed by atoms with Crippen LogP contribution in [0, 0.1) is 5.82 Å². The number of esters is 1. The molecule has 2 aromatic rings. The lowest BCUT2D eigenvalue weighted by molar-refractivity contribution is -0.146. The standard InChI is InChI=1S/C16H14ClFO4/c17-12-5-7-13(8-6-12)22-11-16(19)21-10-9-20-15-4-2-1-3-14(15)18/h1-8H,9-11H2. The van der Waals surface area contributed by atoms with Gasteiger partial charge < -0.3 is 14.2 Å². The zero-order valence-electron chi connectivity index (χ0n) is 11.6. The summed E-state index contributed by atoms with van der Waals surface area (Å²) in [5.74, 6) is -0.355. The maximum Gasteiger partial charge on any atom is 0.344 e. The first kappa shape index (κ1) is 16.1. The number of hydrogen-bond acceptors (Lipinski definition) is 4. The fourth-order valence-electron chi connectivity index (χ4n) is 1.58. The molecule has 0 radical (unpaired) electrons. The average Bonchev–Trinajstić information content (AvgIpc) is 2.52. The van der Waals surface area contributed by atoms with Gasteiger partial charge in [0.15, 0.2) is 18.2 Å². The summed E-state index contributed by atoms with van der Waals surface area (Å²) in [4.78, 5) is 11.5. The molecule has 0 aliphatic heterocycles. The van der Waals surface area contributed by atoms with Gasteiger partial charge in [-0.25, -0.2) is 9.18 Å². The lowest BCUT2D eigenvalue weighted by Gasteiger charge is -2.09. The van der Waals surface area contributed by atoms with Gasteiger partial charge in [0.2, 0.25) is 0 Å². The molecule has 0 aliphatic rings. The molecule has 22 heavy (non-hydrogen) atoms. The number of rotatable bonds is 7. The van der Waals surface area contributed by atoms with Crippen molar-refractivity contribution in [3.8, 4) is 11.5 Å². The SMILES string of the molecule is O=C(COc1ccc(Cl)cc1)OCCOc1ccccc1F. The Labute approximate surface area is 132 Å². The predicted molar refractivity (Wildman–Crippen MR) is 79.8 cm³/mol. The molecule has 0 atom stereocenters. The minimum absolute atomic E-state index is 0.0111. The van der Waals surface area contributed by atoms with Crippen molar-refractivity contribution in [2.45, 2.75) is 0 Å². The molecule has 0 aromatic heterocycles. The highest BCUT2D eigenvalue weighted by Gasteiger charge is 2.05. The Kier molecular flexibility index (Phi) is 6.03. The van der Waals surface area contributed by atoms with Crippen LogP contribution in [0.3, 0.4) is 0 Å². The van der Waals surface area contributed by atoms with Gasteiger partial charge in [0.05, 0.1) is 0 Å². The zero-order valence-corrected chi connectivity index (χ0v) is 12.4. The van der Waals surface area contributed by atoms with Crippen LogP contribution in [0.1, 0.15) is 0 Å². The summed E-state index contributed by atoms with van der Waals surface area (Å²) in [5.41, 5.74) is 0. The van der Waals surface area contributed by atoms with E-state index in [0.717, 1.165) is 0 Å². The molecule has 0 unspecified atom stereocenters. The predicted octanol–water partition coefficient (Wildman–Crippen LogP) is 3.48. The van der Waals surface area contributed by atoms with Crippen LogP contribution in [-0.4, -0.2) is 25.8 Å². The maximum atomic E-state index is 13.3. The van der Waals surface area contributed by atoms with Crippen LogP contribution in [0.2, 0.25) is 5.02 Å². The van der Waals surface area contributed by atoms with Gasteiger partial charge >= 0.3 is 5.97 Å². The summed E-state index contributed by atoms with van der Waals surface area (Å²) in [6, 6.07) is 12.6. The molecule has 0 bridgehead atoms. The van der Waals surface area contributed by atoms with Gasteiger partial charge in [0.1, 0.15) is 19.0 Å². The smallest absolute Gasteiger partial charge is 0.344 e. The van der Waals surface area contributed by atoms with Gasteiger partial charge in [-0.05, 0) is 36.4 Å².